The van der Waals surface area contributed by atoms with Crippen LogP contribution in [-0.4, -0.2) is 19.1 Å². The molecule has 0 amide bonds. The zero-order valence-electron chi connectivity index (χ0n) is 27.1. The summed E-state index contributed by atoms with van der Waals surface area (Å²) in [6.07, 6.45) is 0. The Hall–Kier alpha value is -6.78. The molecule has 10 aromatic rings. The van der Waals surface area contributed by atoms with Crippen molar-refractivity contribution in [3.63, 3.8) is 0 Å². The standard InChI is InChI=1S/C46H30N4/c1-4-14-31(15-5-1)40-29-41(48-46(47-40)33-16-6-2-7-17-33)32-24-26-35(27-25-32)50-43-23-13-11-21-37(43)39-28-38-36-20-10-12-22-42(36)49(44(38)30-45(39)50)34-18-8-3-9-19-34/h1-30H. The molecule has 0 saturated heterocycles. The average molecular weight is 639 g/mol. The summed E-state index contributed by atoms with van der Waals surface area (Å²) in [6.45, 7) is 0. The van der Waals surface area contributed by atoms with E-state index in [2.05, 4.69) is 155 Å². The SMILES string of the molecule is c1ccc(-c2cc(-c3ccc(-n4c5ccccc5c5cc6c7ccccc7n(-c7ccccc7)c6cc54)cc3)nc(-c3ccccc3)n2)cc1. The van der Waals surface area contributed by atoms with Gasteiger partial charge in [0.1, 0.15) is 0 Å². The van der Waals surface area contributed by atoms with Crippen LogP contribution in [0.5, 0.6) is 0 Å². The van der Waals surface area contributed by atoms with Gasteiger partial charge in [-0.05, 0) is 54.6 Å². The lowest BCUT2D eigenvalue weighted by Crippen LogP contribution is -1.97. The number of hydrogen-bond donors (Lipinski definition) is 0. The molecule has 10 rings (SSSR count). The fourth-order valence-corrected chi connectivity index (χ4v) is 7.41. The van der Waals surface area contributed by atoms with E-state index in [1.54, 1.807) is 0 Å². The molecule has 0 unspecified atom stereocenters. The minimum atomic E-state index is 0.714. The van der Waals surface area contributed by atoms with E-state index < -0.39 is 0 Å². The molecule has 234 valence electrons. The molecule has 50 heavy (non-hydrogen) atoms. The van der Waals surface area contributed by atoms with E-state index in [0.717, 1.165) is 39.5 Å². The minimum Gasteiger partial charge on any atom is -0.309 e. The van der Waals surface area contributed by atoms with Crippen molar-refractivity contribution in [2.75, 3.05) is 0 Å². The first-order valence-electron chi connectivity index (χ1n) is 16.9. The van der Waals surface area contributed by atoms with Crippen LogP contribution in [-0.2, 0) is 0 Å². The van der Waals surface area contributed by atoms with Crippen LogP contribution in [0.3, 0.4) is 0 Å². The van der Waals surface area contributed by atoms with Crippen LogP contribution in [0.25, 0.3) is 88.9 Å². The Morgan fingerprint density at radius 3 is 1.30 bits per heavy atom. The van der Waals surface area contributed by atoms with Gasteiger partial charge in [0, 0.05) is 49.6 Å². The summed E-state index contributed by atoms with van der Waals surface area (Å²) in [4.78, 5) is 10.0. The molecule has 3 aromatic heterocycles. The van der Waals surface area contributed by atoms with Gasteiger partial charge in [-0.25, -0.2) is 9.97 Å². The summed E-state index contributed by atoms with van der Waals surface area (Å²) in [5, 5.41) is 4.98. The van der Waals surface area contributed by atoms with E-state index in [4.69, 9.17) is 9.97 Å². The Bertz CT molecular complexity index is 2770. The second-order valence-corrected chi connectivity index (χ2v) is 12.7. The van der Waals surface area contributed by atoms with Crippen molar-refractivity contribution in [3.8, 4) is 45.3 Å². The molecule has 0 saturated carbocycles. The second kappa shape index (κ2) is 11.4. The van der Waals surface area contributed by atoms with Crippen molar-refractivity contribution in [3.05, 3.63) is 182 Å². The number of nitrogens with zero attached hydrogens (tertiary/aromatic N) is 4. The monoisotopic (exact) mass is 638 g/mol. The summed E-state index contributed by atoms with van der Waals surface area (Å²) in [5.74, 6) is 0.714. The Balaban J connectivity index is 1.17. The van der Waals surface area contributed by atoms with Gasteiger partial charge in [0.25, 0.3) is 0 Å². The van der Waals surface area contributed by atoms with E-state index in [1.165, 1.54) is 43.6 Å². The molecular formula is C46H30N4. The number of hydrogen-bond acceptors (Lipinski definition) is 2. The highest BCUT2D eigenvalue weighted by Gasteiger charge is 2.18. The van der Waals surface area contributed by atoms with E-state index in [1.807, 2.05) is 36.4 Å². The zero-order chi connectivity index (χ0) is 33.0. The maximum Gasteiger partial charge on any atom is 0.160 e. The Kier molecular flexibility index (Phi) is 6.46. The molecule has 4 heteroatoms. The second-order valence-electron chi connectivity index (χ2n) is 12.7. The topological polar surface area (TPSA) is 35.6 Å². The lowest BCUT2D eigenvalue weighted by Gasteiger charge is -2.12. The highest BCUT2D eigenvalue weighted by molar-refractivity contribution is 6.19. The first-order valence-corrected chi connectivity index (χ1v) is 16.9. The summed E-state index contributed by atoms with van der Waals surface area (Å²) in [7, 11) is 0. The lowest BCUT2D eigenvalue weighted by molar-refractivity contribution is 1.16. The van der Waals surface area contributed by atoms with Gasteiger partial charge >= 0.3 is 0 Å². The minimum absolute atomic E-state index is 0.714. The van der Waals surface area contributed by atoms with E-state index in [9.17, 15) is 0 Å². The van der Waals surface area contributed by atoms with Crippen molar-refractivity contribution in [1.82, 2.24) is 19.1 Å². The average Bonchev–Trinajstić information content (AvgIpc) is 3.70. The van der Waals surface area contributed by atoms with E-state index >= 15 is 0 Å². The van der Waals surface area contributed by atoms with Gasteiger partial charge in [0.2, 0.25) is 0 Å². The van der Waals surface area contributed by atoms with Crippen molar-refractivity contribution in [2.24, 2.45) is 0 Å². The molecule has 3 heterocycles. The normalized spacial score (nSPS) is 11.6. The van der Waals surface area contributed by atoms with Crippen LogP contribution >= 0.6 is 0 Å². The quantitative estimate of drug-likeness (QED) is 0.188. The molecular weight excluding hydrogens is 609 g/mol. The van der Waals surface area contributed by atoms with Crippen LogP contribution in [0.1, 0.15) is 0 Å². The predicted molar refractivity (Wildman–Crippen MR) is 207 cm³/mol. The van der Waals surface area contributed by atoms with Crippen LogP contribution in [0.2, 0.25) is 0 Å². The zero-order valence-corrected chi connectivity index (χ0v) is 27.1. The predicted octanol–water partition coefficient (Wildman–Crippen LogP) is 11.7. The lowest BCUT2D eigenvalue weighted by atomic mass is 10.1. The maximum absolute atomic E-state index is 5.06. The Morgan fingerprint density at radius 2 is 0.740 bits per heavy atom. The molecule has 0 aliphatic rings. The number of aromatic nitrogens is 4. The third kappa shape index (κ3) is 4.54. The molecule has 4 nitrogen and oxygen atoms in total. The number of fused-ring (bicyclic) bond motifs is 6. The van der Waals surface area contributed by atoms with Crippen LogP contribution in [0.15, 0.2) is 182 Å². The van der Waals surface area contributed by atoms with E-state index in [0.29, 0.717) is 5.82 Å². The summed E-state index contributed by atoms with van der Waals surface area (Å²) in [6, 6.07) is 64.3. The van der Waals surface area contributed by atoms with Gasteiger partial charge in [-0.3, -0.25) is 0 Å². The fraction of sp³-hybridized carbons (Fsp3) is 0. The van der Waals surface area contributed by atoms with Gasteiger partial charge in [-0.15, -0.1) is 0 Å². The fourth-order valence-electron chi connectivity index (χ4n) is 7.41. The number of para-hydroxylation sites is 3. The van der Waals surface area contributed by atoms with Crippen LogP contribution < -0.4 is 0 Å². The van der Waals surface area contributed by atoms with Crippen molar-refractivity contribution < 1.29 is 0 Å². The molecule has 0 fully saturated rings. The van der Waals surface area contributed by atoms with Crippen LogP contribution in [0.4, 0.5) is 0 Å². The molecule has 0 N–H and O–H groups in total. The Morgan fingerprint density at radius 1 is 0.300 bits per heavy atom. The molecule has 7 aromatic carbocycles. The van der Waals surface area contributed by atoms with Crippen molar-refractivity contribution in [2.45, 2.75) is 0 Å². The number of benzene rings is 7. The van der Waals surface area contributed by atoms with Crippen LogP contribution in [0, 0.1) is 0 Å². The van der Waals surface area contributed by atoms with Gasteiger partial charge in [0.15, 0.2) is 5.82 Å². The number of rotatable bonds is 5. The maximum atomic E-state index is 5.06. The van der Waals surface area contributed by atoms with E-state index in [-0.39, 0.29) is 0 Å². The molecule has 0 radical (unpaired) electrons. The third-order valence-corrected chi connectivity index (χ3v) is 9.73. The third-order valence-electron chi connectivity index (χ3n) is 9.73. The summed E-state index contributed by atoms with van der Waals surface area (Å²) < 4.78 is 4.78. The highest BCUT2D eigenvalue weighted by Crippen LogP contribution is 2.40. The molecule has 0 aliphatic carbocycles. The largest absolute Gasteiger partial charge is 0.309 e. The van der Waals surface area contributed by atoms with Gasteiger partial charge < -0.3 is 9.13 Å². The molecule has 0 spiro atoms. The summed E-state index contributed by atoms with van der Waals surface area (Å²) >= 11 is 0. The van der Waals surface area contributed by atoms with Gasteiger partial charge in [0.05, 0.1) is 33.5 Å². The van der Waals surface area contributed by atoms with Gasteiger partial charge in [-0.2, -0.15) is 0 Å². The Labute approximate surface area is 289 Å². The van der Waals surface area contributed by atoms with Crippen molar-refractivity contribution >= 4 is 43.6 Å². The first-order chi connectivity index (χ1) is 24.8. The highest BCUT2D eigenvalue weighted by atomic mass is 15.0. The first kappa shape index (κ1) is 28.3. The smallest absolute Gasteiger partial charge is 0.160 e. The summed E-state index contributed by atoms with van der Waals surface area (Å²) in [5.41, 5.74) is 11.9. The van der Waals surface area contributed by atoms with Gasteiger partial charge in [-0.1, -0.05) is 127 Å². The molecule has 0 bridgehead atoms. The molecule has 0 aliphatic heterocycles. The molecule has 0 atom stereocenters. The van der Waals surface area contributed by atoms with Crippen molar-refractivity contribution in [1.29, 1.82) is 0 Å².